The van der Waals surface area contributed by atoms with Gasteiger partial charge in [-0.15, -0.1) is 0 Å². The van der Waals surface area contributed by atoms with E-state index in [9.17, 15) is 0 Å². The zero-order valence-electron chi connectivity index (χ0n) is 9.63. The van der Waals surface area contributed by atoms with Crippen molar-refractivity contribution in [2.75, 3.05) is 19.6 Å². The van der Waals surface area contributed by atoms with E-state index in [4.69, 9.17) is 0 Å². The summed E-state index contributed by atoms with van der Waals surface area (Å²) in [5.74, 6) is 1.06. The van der Waals surface area contributed by atoms with Crippen LogP contribution in [0.4, 0.5) is 0 Å². The molecular weight excluding hydrogens is 172 g/mol. The standard InChI is InChI=1S/C12H24N2/c1-10-9-14(11(2)8-13-10)7-6-12-4-3-5-12/h10-13H,3-9H2,1-2H3. The fourth-order valence-electron chi connectivity index (χ4n) is 2.54. The molecule has 0 bridgehead atoms. The van der Waals surface area contributed by atoms with Gasteiger partial charge < -0.3 is 5.32 Å². The average Bonchev–Trinajstić information content (AvgIpc) is 2.08. The molecule has 82 valence electrons. The van der Waals surface area contributed by atoms with Crippen molar-refractivity contribution in [2.45, 2.75) is 51.6 Å². The lowest BCUT2D eigenvalue weighted by Gasteiger charge is -2.39. The molecule has 0 radical (unpaired) electrons. The van der Waals surface area contributed by atoms with Gasteiger partial charge in [0.25, 0.3) is 0 Å². The van der Waals surface area contributed by atoms with Crippen LogP contribution in [-0.4, -0.2) is 36.6 Å². The maximum atomic E-state index is 3.54. The van der Waals surface area contributed by atoms with Gasteiger partial charge in [0.15, 0.2) is 0 Å². The highest BCUT2D eigenvalue weighted by atomic mass is 15.2. The van der Waals surface area contributed by atoms with Gasteiger partial charge >= 0.3 is 0 Å². The molecule has 1 aliphatic carbocycles. The molecule has 14 heavy (non-hydrogen) atoms. The molecule has 0 spiro atoms. The van der Waals surface area contributed by atoms with Crippen LogP contribution in [0, 0.1) is 5.92 Å². The minimum absolute atomic E-state index is 0.688. The fraction of sp³-hybridized carbons (Fsp3) is 1.00. The minimum Gasteiger partial charge on any atom is -0.311 e. The second-order valence-corrected chi connectivity index (χ2v) is 5.24. The number of nitrogens with zero attached hydrogens (tertiary/aromatic N) is 1. The molecule has 2 nitrogen and oxygen atoms in total. The fourth-order valence-corrected chi connectivity index (χ4v) is 2.54. The lowest BCUT2D eigenvalue weighted by molar-refractivity contribution is 0.127. The molecule has 0 aromatic heterocycles. The average molecular weight is 196 g/mol. The molecule has 0 aromatic rings. The van der Waals surface area contributed by atoms with Crippen molar-refractivity contribution in [1.29, 1.82) is 0 Å². The van der Waals surface area contributed by atoms with Crippen LogP contribution in [0.2, 0.25) is 0 Å². The quantitative estimate of drug-likeness (QED) is 0.741. The summed E-state index contributed by atoms with van der Waals surface area (Å²) in [6.45, 7) is 8.39. The van der Waals surface area contributed by atoms with E-state index in [1.54, 1.807) is 0 Å². The van der Waals surface area contributed by atoms with Crippen LogP contribution >= 0.6 is 0 Å². The van der Waals surface area contributed by atoms with Crippen molar-refractivity contribution in [3.63, 3.8) is 0 Å². The molecule has 1 heterocycles. The Morgan fingerprint density at radius 2 is 2.07 bits per heavy atom. The summed E-state index contributed by atoms with van der Waals surface area (Å²) in [5.41, 5.74) is 0. The first kappa shape index (κ1) is 10.4. The molecule has 2 heteroatoms. The minimum atomic E-state index is 0.688. The van der Waals surface area contributed by atoms with E-state index in [-0.39, 0.29) is 0 Å². The van der Waals surface area contributed by atoms with Crippen molar-refractivity contribution in [1.82, 2.24) is 10.2 Å². The SMILES string of the molecule is CC1CN(CCC2CCC2)C(C)CN1. The molecular formula is C12H24N2. The Labute approximate surface area is 88.1 Å². The Morgan fingerprint density at radius 3 is 2.71 bits per heavy atom. The van der Waals surface area contributed by atoms with Crippen molar-refractivity contribution >= 4 is 0 Å². The van der Waals surface area contributed by atoms with Gasteiger partial charge in [-0.1, -0.05) is 19.3 Å². The first-order valence-electron chi connectivity index (χ1n) is 6.23. The third-order valence-corrected chi connectivity index (χ3v) is 3.94. The highest BCUT2D eigenvalue weighted by molar-refractivity contribution is 4.82. The van der Waals surface area contributed by atoms with Crippen LogP contribution in [0.3, 0.4) is 0 Å². The maximum Gasteiger partial charge on any atom is 0.0193 e. The van der Waals surface area contributed by atoms with Crippen LogP contribution in [0.15, 0.2) is 0 Å². The number of rotatable bonds is 3. The second-order valence-electron chi connectivity index (χ2n) is 5.24. The van der Waals surface area contributed by atoms with E-state index in [1.165, 1.54) is 45.3 Å². The van der Waals surface area contributed by atoms with Gasteiger partial charge in [0.2, 0.25) is 0 Å². The summed E-state index contributed by atoms with van der Waals surface area (Å²) in [5, 5.41) is 3.54. The monoisotopic (exact) mass is 196 g/mol. The molecule has 0 aromatic carbocycles. The van der Waals surface area contributed by atoms with E-state index in [2.05, 4.69) is 24.1 Å². The summed E-state index contributed by atoms with van der Waals surface area (Å²) in [6, 6.07) is 1.43. The van der Waals surface area contributed by atoms with Gasteiger partial charge in [0, 0.05) is 25.2 Å². The van der Waals surface area contributed by atoms with Crippen molar-refractivity contribution in [2.24, 2.45) is 5.92 Å². The highest BCUT2D eigenvalue weighted by Gasteiger charge is 2.24. The van der Waals surface area contributed by atoms with E-state index < -0.39 is 0 Å². The summed E-state index contributed by atoms with van der Waals surface area (Å²) < 4.78 is 0. The Balaban J connectivity index is 1.71. The number of piperazine rings is 1. The lowest BCUT2D eigenvalue weighted by Crippen LogP contribution is -2.54. The molecule has 0 amide bonds. The third-order valence-electron chi connectivity index (χ3n) is 3.94. The van der Waals surface area contributed by atoms with Gasteiger partial charge in [0.05, 0.1) is 0 Å². The zero-order chi connectivity index (χ0) is 9.97. The van der Waals surface area contributed by atoms with Crippen molar-refractivity contribution in [3.05, 3.63) is 0 Å². The van der Waals surface area contributed by atoms with E-state index in [0.717, 1.165) is 12.0 Å². The van der Waals surface area contributed by atoms with Crippen molar-refractivity contribution in [3.8, 4) is 0 Å². The molecule has 2 unspecified atom stereocenters. The second kappa shape index (κ2) is 4.63. The molecule has 1 aliphatic heterocycles. The van der Waals surface area contributed by atoms with Crippen LogP contribution in [0.25, 0.3) is 0 Å². The molecule has 1 saturated carbocycles. The molecule has 2 aliphatic rings. The van der Waals surface area contributed by atoms with Crippen LogP contribution in [0.1, 0.15) is 39.5 Å². The summed E-state index contributed by atoms with van der Waals surface area (Å²) in [6.07, 6.45) is 5.92. The van der Waals surface area contributed by atoms with Crippen LogP contribution in [0.5, 0.6) is 0 Å². The number of nitrogens with one attached hydrogen (secondary N) is 1. The summed E-state index contributed by atoms with van der Waals surface area (Å²) >= 11 is 0. The van der Waals surface area contributed by atoms with Crippen LogP contribution in [-0.2, 0) is 0 Å². The smallest absolute Gasteiger partial charge is 0.0193 e. The van der Waals surface area contributed by atoms with Crippen LogP contribution < -0.4 is 5.32 Å². The van der Waals surface area contributed by atoms with E-state index in [1.807, 2.05) is 0 Å². The van der Waals surface area contributed by atoms with Gasteiger partial charge in [0.1, 0.15) is 0 Å². The van der Waals surface area contributed by atoms with Crippen molar-refractivity contribution < 1.29 is 0 Å². The normalized spacial score (nSPS) is 35.6. The highest BCUT2D eigenvalue weighted by Crippen LogP contribution is 2.29. The topological polar surface area (TPSA) is 15.3 Å². The van der Waals surface area contributed by atoms with Gasteiger partial charge in [-0.3, -0.25) is 4.90 Å². The van der Waals surface area contributed by atoms with Gasteiger partial charge in [-0.2, -0.15) is 0 Å². The number of hydrogen-bond acceptors (Lipinski definition) is 2. The molecule has 1 N–H and O–H groups in total. The third kappa shape index (κ3) is 2.48. The molecule has 2 rings (SSSR count). The predicted octanol–water partition coefficient (Wildman–Crippen LogP) is 1.86. The Morgan fingerprint density at radius 1 is 1.29 bits per heavy atom. The first-order valence-corrected chi connectivity index (χ1v) is 6.23. The Kier molecular flexibility index (Phi) is 3.45. The molecule has 2 atom stereocenters. The Hall–Kier alpha value is -0.0800. The maximum absolute atomic E-state index is 3.54. The summed E-state index contributed by atoms with van der Waals surface area (Å²) in [7, 11) is 0. The lowest BCUT2D eigenvalue weighted by atomic mass is 9.83. The van der Waals surface area contributed by atoms with Gasteiger partial charge in [-0.25, -0.2) is 0 Å². The number of hydrogen-bond donors (Lipinski definition) is 1. The first-order chi connectivity index (χ1) is 6.75. The Bertz CT molecular complexity index is 177. The predicted molar refractivity (Wildman–Crippen MR) is 60.5 cm³/mol. The summed E-state index contributed by atoms with van der Waals surface area (Å²) in [4.78, 5) is 2.67. The van der Waals surface area contributed by atoms with E-state index >= 15 is 0 Å². The zero-order valence-corrected chi connectivity index (χ0v) is 9.63. The van der Waals surface area contributed by atoms with Gasteiger partial charge in [-0.05, 0) is 32.7 Å². The van der Waals surface area contributed by atoms with E-state index in [0.29, 0.717) is 6.04 Å². The molecule has 2 fully saturated rings. The largest absolute Gasteiger partial charge is 0.311 e. The molecule has 1 saturated heterocycles.